The van der Waals surface area contributed by atoms with Crippen molar-refractivity contribution >= 4 is 5.91 Å². The maximum absolute atomic E-state index is 12.5. The van der Waals surface area contributed by atoms with Gasteiger partial charge >= 0.3 is 0 Å². The van der Waals surface area contributed by atoms with Gasteiger partial charge < -0.3 is 10.4 Å². The predicted molar refractivity (Wildman–Crippen MR) is 82.2 cm³/mol. The third kappa shape index (κ3) is 3.60. The van der Waals surface area contributed by atoms with Gasteiger partial charge in [-0.1, -0.05) is 65.0 Å². The summed E-state index contributed by atoms with van der Waals surface area (Å²) in [6, 6.07) is 9.39. The van der Waals surface area contributed by atoms with Crippen molar-refractivity contribution in [2.75, 3.05) is 6.54 Å². The van der Waals surface area contributed by atoms with Crippen molar-refractivity contribution in [3.63, 3.8) is 0 Å². The van der Waals surface area contributed by atoms with Gasteiger partial charge in [0.1, 0.15) is 0 Å². The average molecular weight is 277 g/mol. The molecule has 0 fully saturated rings. The van der Waals surface area contributed by atoms with Gasteiger partial charge in [0, 0.05) is 6.54 Å². The van der Waals surface area contributed by atoms with Gasteiger partial charge in [0.2, 0.25) is 5.91 Å². The van der Waals surface area contributed by atoms with Crippen LogP contribution in [-0.2, 0) is 4.79 Å². The number of hydrogen-bond donors (Lipinski definition) is 2. The van der Waals surface area contributed by atoms with Crippen LogP contribution in [0, 0.1) is 17.3 Å². The van der Waals surface area contributed by atoms with Crippen LogP contribution in [0.2, 0.25) is 0 Å². The molecule has 0 saturated heterocycles. The van der Waals surface area contributed by atoms with Crippen molar-refractivity contribution < 1.29 is 9.90 Å². The van der Waals surface area contributed by atoms with E-state index in [9.17, 15) is 9.90 Å². The van der Waals surface area contributed by atoms with E-state index in [4.69, 9.17) is 0 Å². The lowest BCUT2D eigenvalue weighted by atomic mass is 9.70. The van der Waals surface area contributed by atoms with E-state index in [0.717, 1.165) is 5.56 Å². The van der Waals surface area contributed by atoms with Gasteiger partial charge in [-0.15, -0.1) is 0 Å². The molecule has 2 N–H and O–H groups in total. The quantitative estimate of drug-likeness (QED) is 0.839. The molecular weight excluding hydrogens is 250 g/mol. The molecule has 1 atom stereocenters. The molecule has 0 aliphatic carbocycles. The number of hydrogen-bond acceptors (Lipinski definition) is 2. The highest BCUT2D eigenvalue weighted by Crippen LogP contribution is 2.35. The van der Waals surface area contributed by atoms with Gasteiger partial charge in [-0.2, -0.15) is 0 Å². The highest BCUT2D eigenvalue weighted by atomic mass is 16.3. The molecular formula is C17H27NO2. The second-order valence-corrected chi connectivity index (χ2v) is 6.23. The minimum Gasteiger partial charge on any atom is -0.387 e. The van der Waals surface area contributed by atoms with Crippen LogP contribution in [0.15, 0.2) is 30.3 Å². The van der Waals surface area contributed by atoms with Crippen molar-refractivity contribution in [3.05, 3.63) is 35.9 Å². The molecule has 1 rings (SSSR count). The Labute approximate surface area is 122 Å². The summed E-state index contributed by atoms with van der Waals surface area (Å²) in [5.74, 6) is 0.505. The molecule has 112 valence electrons. The lowest BCUT2D eigenvalue weighted by Gasteiger charge is -2.36. The number of carbonyl (C=O) groups is 1. The summed E-state index contributed by atoms with van der Waals surface area (Å²) in [5, 5.41) is 13.0. The zero-order valence-electron chi connectivity index (χ0n) is 13.2. The fourth-order valence-electron chi connectivity index (χ4n) is 2.36. The van der Waals surface area contributed by atoms with Crippen LogP contribution in [-0.4, -0.2) is 17.6 Å². The van der Waals surface area contributed by atoms with Gasteiger partial charge in [-0.3, -0.25) is 4.79 Å². The van der Waals surface area contributed by atoms with Gasteiger partial charge in [-0.05, 0) is 17.4 Å². The molecule has 1 unspecified atom stereocenters. The minimum atomic E-state index is -0.663. The Morgan fingerprint density at radius 1 is 1.15 bits per heavy atom. The maximum atomic E-state index is 12.5. The maximum Gasteiger partial charge on any atom is 0.226 e. The van der Waals surface area contributed by atoms with E-state index < -0.39 is 11.5 Å². The van der Waals surface area contributed by atoms with E-state index in [1.807, 2.05) is 37.3 Å². The first-order valence-corrected chi connectivity index (χ1v) is 7.31. The van der Waals surface area contributed by atoms with E-state index >= 15 is 0 Å². The van der Waals surface area contributed by atoms with Crippen molar-refractivity contribution in [1.82, 2.24) is 5.32 Å². The molecule has 0 aromatic heterocycles. The molecule has 20 heavy (non-hydrogen) atoms. The van der Waals surface area contributed by atoms with E-state index in [2.05, 4.69) is 33.0 Å². The molecule has 0 spiro atoms. The van der Waals surface area contributed by atoms with Crippen molar-refractivity contribution in [2.24, 2.45) is 17.3 Å². The fourth-order valence-corrected chi connectivity index (χ4v) is 2.36. The molecule has 0 aliphatic rings. The lowest BCUT2D eigenvalue weighted by Crippen LogP contribution is -2.46. The van der Waals surface area contributed by atoms with E-state index in [1.165, 1.54) is 0 Å². The lowest BCUT2D eigenvalue weighted by molar-refractivity contribution is -0.136. The van der Waals surface area contributed by atoms with Crippen LogP contribution in [0.4, 0.5) is 0 Å². The number of benzene rings is 1. The van der Waals surface area contributed by atoms with Crippen molar-refractivity contribution in [3.8, 4) is 0 Å². The molecule has 3 nitrogen and oxygen atoms in total. The molecule has 0 aliphatic heterocycles. The summed E-state index contributed by atoms with van der Waals surface area (Å²) in [5.41, 5.74) is 0.403. The van der Waals surface area contributed by atoms with Gasteiger partial charge in [0.25, 0.3) is 0 Å². The van der Waals surface area contributed by atoms with Crippen molar-refractivity contribution in [1.29, 1.82) is 0 Å². The number of aliphatic hydroxyl groups is 1. The van der Waals surface area contributed by atoms with Gasteiger partial charge in [0.15, 0.2) is 0 Å². The summed E-state index contributed by atoms with van der Waals surface area (Å²) in [7, 11) is 0. The molecule has 0 heterocycles. The molecule has 3 heteroatoms. The second kappa shape index (κ2) is 6.89. The zero-order valence-corrected chi connectivity index (χ0v) is 13.2. The molecule has 1 aromatic rings. The van der Waals surface area contributed by atoms with Crippen molar-refractivity contribution in [2.45, 2.75) is 40.7 Å². The number of amides is 1. The zero-order chi connectivity index (χ0) is 15.3. The van der Waals surface area contributed by atoms with Crippen LogP contribution in [0.25, 0.3) is 0 Å². The molecule has 0 bridgehead atoms. The van der Waals surface area contributed by atoms with Crippen LogP contribution in [0.5, 0.6) is 0 Å². The Balaban J connectivity index is 2.67. The van der Waals surface area contributed by atoms with Gasteiger partial charge in [0.05, 0.1) is 11.5 Å². The highest BCUT2D eigenvalue weighted by molar-refractivity contribution is 5.82. The Morgan fingerprint density at radius 3 is 2.10 bits per heavy atom. The average Bonchev–Trinajstić information content (AvgIpc) is 2.43. The second-order valence-electron chi connectivity index (χ2n) is 6.23. The largest absolute Gasteiger partial charge is 0.387 e. The third-order valence-electron chi connectivity index (χ3n) is 4.53. The minimum absolute atomic E-state index is 0.0116. The smallest absolute Gasteiger partial charge is 0.226 e. The summed E-state index contributed by atoms with van der Waals surface area (Å²) >= 11 is 0. The van der Waals surface area contributed by atoms with Crippen LogP contribution in [0.3, 0.4) is 0 Å². The Kier molecular flexibility index (Phi) is 5.75. The fraction of sp³-hybridized carbons (Fsp3) is 0.588. The first-order valence-electron chi connectivity index (χ1n) is 7.31. The Bertz CT molecular complexity index is 418. The van der Waals surface area contributed by atoms with Crippen LogP contribution < -0.4 is 5.32 Å². The third-order valence-corrected chi connectivity index (χ3v) is 4.53. The summed E-state index contributed by atoms with van der Waals surface area (Å²) in [4.78, 5) is 12.5. The van der Waals surface area contributed by atoms with E-state index in [0.29, 0.717) is 0 Å². The van der Waals surface area contributed by atoms with Gasteiger partial charge in [-0.25, -0.2) is 0 Å². The standard InChI is InChI=1S/C17H27NO2/c1-12(2)17(5,13(3)4)16(20)18-11-15(19)14-9-7-6-8-10-14/h6-10,12-13,15,19H,11H2,1-5H3,(H,18,20). The topological polar surface area (TPSA) is 49.3 Å². The van der Waals surface area contributed by atoms with Crippen LogP contribution in [0.1, 0.15) is 46.3 Å². The molecule has 1 amide bonds. The predicted octanol–water partition coefficient (Wildman–Crippen LogP) is 3.15. The van der Waals surface area contributed by atoms with E-state index in [-0.39, 0.29) is 24.3 Å². The number of carbonyl (C=O) groups excluding carboxylic acids is 1. The first kappa shape index (κ1) is 16.7. The SMILES string of the molecule is CC(C)C(C)(C(=O)NCC(O)c1ccccc1)C(C)C. The number of rotatable bonds is 6. The van der Waals surface area contributed by atoms with Crippen LogP contribution >= 0.6 is 0 Å². The summed E-state index contributed by atoms with van der Waals surface area (Å²) in [6.07, 6.45) is -0.663. The summed E-state index contributed by atoms with van der Waals surface area (Å²) < 4.78 is 0. The Morgan fingerprint density at radius 2 is 1.65 bits per heavy atom. The Hall–Kier alpha value is -1.35. The molecule has 0 saturated carbocycles. The number of nitrogens with one attached hydrogen (secondary N) is 1. The first-order chi connectivity index (χ1) is 9.30. The monoisotopic (exact) mass is 277 g/mol. The molecule has 1 aromatic carbocycles. The van der Waals surface area contributed by atoms with E-state index in [1.54, 1.807) is 0 Å². The molecule has 0 radical (unpaired) electrons. The normalized spacial score (nSPS) is 13.6. The summed E-state index contributed by atoms with van der Waals surface area (Å²) in [6.45, 7) is 10.5. The highest BCUT2D eigenvalue weighted by Gasteiger charge is 2.39. The number of aliphatic hydroxyl groups excluding tert-OH is 1.